The van der Waals surface area contributed by atoms with E-state index < -0.39 is 0 Å². The molecule has 35 heavy (non-hydrogen) atoms. The fourth-order valence-electron chi connectivity index (χ4n) is 5.05. The number of para-hydroxylation sites is 2. The van der Waals surface area contributed by atoms with Gasteiger partial charge in [0.2, 0.25) is 5.88 Å². The van der Waals surface area contributed by atoms with Crippen LogP contribution in [-0.4, -0.2) is 59.0 Å². The second-order valence-electron chi connectivity index (χ2n) is 9.27. The quantitative estimate of drug-likeness (QED) is 0.488. The molecule has 2 saturated heterocycles. The number of ether oxygens (including phenoxy) is 2. The lowest BCUT2D eigenvalue weighted by Gasteiger charge is -2.33. The Kier molecular flexibility index (Phi) is 7.23. The van der Waals surface area contributed by atoms with Gasteiger partial charge >= 0.3 is 0 Å². The molecular formula is C28H32N4O3. The first kappa shape index (κ1) is 23.3. The number of carbonyl (C=O) groups is 1. The van der Waals surface area contributed by atoms with Gasteiger partial charge in [-0.25, -0.2) is 4.98 Å². The van der Waals surface area contributed by atoms with Crippen molar-refractivity contribution >= 4 is 5.91 Å². The Labute approximate surface area is 206 Å². The Morgan fingerprint density at radius 1 is 0.971 bits per heavy atom. The highest BCUT2D eigenvalue weighted by Gasteiger charge is 2.28. The van der Waals surface area contributed by atoms with Crippen LogP contribution in [0.3, 0.4) is 0 Å². The van der Waals surface area contributed by atoms with Gasteiger partial charge in [0.05, 0.1) is 19.0 Å². The molecule has 5 rings (SSSR count). The Bertz CT molecular complexity index is 1160. The highest BCUT2D eigenvalue weighted by atomic mass is 16.5. The molecule has 1 aromatic heterocycles. The van der Waals surface area contributed by atoms with Crippen molar-refractivity contribution in [2.45, 2.75) is 38.1 Å². The summed E-state index contributed by atoms with van der Waals surface area (Å²) in [6.07, 6.45) is 7.77. The lowest BCUT2D eigenvalue weighted by Crippen LogP contribution is -2.40. The van der Waals surface area contributed by atoms with Gasteiger partial charge in [-0.2, -0.15) is 0 Å². The van der Waals surface area contributed by atoms with Gasteiger partial charge in [-0.15, -0.1) is 0 Å². The number of amides is 1. The molecule has 2 aliphatic rings. The van der Waals surface area contributed by atoms with Crippen molar-refractivity contribution in [1.29, 1.82) is 0 Å². The van der Waals surface area contributed by atoms with Crippen molar-refractivity contribution in [2.75, 3.05) is 33.3 Å². The van der Waals surface area contributed by atoms with E-state index in [-0.39, 0.29) is 11.8 Å². The maximum Gasteiger partial charge on any atom is 0.254 e. The minimum Gasteiger partial charge on any atom is -0.493 e. The topological polar surface area (TPSA) is 67.8 Å². The zero-order chi connectivity index (χ0) is 24.0. The van der Waals surface area contributed by atoms with Crippen LogP contribution in [0.2, 0.25) is 0 Å². The number of benzene rings is 2. The van der Waals surface area contributed by atoms with E-state index in [1.807, 2.05) is 47.4 Å². The van der Waals surface area contributed by atoms with Crippen LogP contribution in [0.15, 0.2) is 60.9 Å². The first-order valence-electron chi connectivity index (χ1n) is 12.4. The first-order chi connectivity index (χ1) is 17.2. The fraction of sp³-hybridized carbons (Fsp3) is 0.393. The number of carbonyl (C=O) groups excluding carboxylic acids is 1. The van der Waals surface area contributed by atoms with Gasteiger partial charge in [-0.05, 0) is 62.5 Å². The second-order valence-corrected chi connectivity index (χ2v) is 9.27. The van der Waals surface area contributed by atoms with Gasteiger partial charge in [0.1, 0.15) is 0 Å². The Morgan fingerprint density at radius 2 is 1.74 bits per heavy atom. The molecule has 0 aliphatic carbocycles. The van der Waals surface area contributed by atoms with Crippen LogP contribution >= 0.6 is 0 Å². The van der Waals surface area contributed by atoms with Crippen molar-refractivity contribution in [3.63, 3.8) is 0 Å². The van der Waals surface area contributed by atoms with Crippen LogP contribution in [0.5, 0.6) is 17.4 Å². The van der Waals surface area contributed by atoms with Gasteiger partial charge in [0, 0.05) is 37.3 Å². The molecule has 0 radical (unpaired) electrons. The van der Waals surface area contributed by atoms with E-state index in [1.165, 1.54) is 12.8 Å². The number of piperidine rings is 1. The highest BCUT2D eigenvalue weighted by Crippen LogP contribution is 2.32. The number of nitrogens with zero attached hydrogens (tertiary/aromatic N) is 4. The van der Waals surface area contributed by atoms with Gasteiger partial charge in [-0.3, -0.25) is 14.7 Å². The summed E-state index contributed by atoms with van der Waals surface area (Å²) in [5, 5.41) is 0. The number of hydrogen-bond acceptors (Lipinski definition) is 6. The lowest BCUT2D eigenvalue weighted by molar-refractivity contribution is 0.0703. The fourth-order valence-corrected chi connectivity index (χ4v) is 5.05. The van der Waals surface area contributed by atoms with E-state index in [9.17, 15) is 4.79 Å². The lowest BCUT2D eigenvalue weighted by atomic mass is 9.94. The molecule has 0 bridgehead atoms. The summed E-state index contributed by atoms with van der Waals surface area (Å²) < 4.78 is 11.3. The Balaban J connectivity index is 1.30. The van der Waals surface area contributed by atoms with Gasteiger partial charge < -0.3 is 14.4 Å². The van der Waals surface area contributed by atoms with E-state index in [4.69, 9.17) is 14.5 Å². The van der Waals surface area contributed by atoms with Crippen LogP contribution < -0.4 is 9.47 Å². The van der Waals surface area contributed by atoms with E-state index in [2.05, 4.69) is 16.0 Å². The summed E-state index contributed by atoms with van der Waals surface area (Å²) in [7, 11) is 1.61. The molecule has 0 N–H and O–H groups in total. The number of rotatable bonds is 7. The maximum absolute atomic E-state index is 13.6. The maximum atomic E-state index is 13.6. The largest absolute Gasteiger partial charge is 0.493 e. The Hall–Kier alpha value is -3.45. The third-order valence-corrected chi connectivity index (χ3v) is 6.88. The third kappa shape index (κ3) is 5.46. The van der Waals surface area contributed by atoms with E-state index in [0.29, 0.717) is 23.9 Å². The summed E-state index contributed by atoms with van der Waals surface area (Å²) in [6.45, 7) is 4.45. The van der Waals surface area contributed by atoms with Crippen molar-refractivity contribution in [3.05, 3.63) is 77.7 Å². The molecular weight excluding hydrogens is 440 g/mol. The molecule has 2 fully saturated rings. The number of methoxy groups -OCH3 is 1. The monoisotopic (exact) mass is 472 g/mol. The summed E-state index contributed by atoms with van der Waals surface area (Å²) in [4.78, 5) is 27.1. The predicted octanol–water partition coefficient (Wildman–Crippen LogP) is 4.89. The molecule has 7 heteroatoms. The van der Waals surface area contributed by atoms with Crippen LogP contribution in [0.1, 0.15) is 53.2 Å². The molecule has 2 aromatic carbocycles. The van der Waals surface area contributed by atoms with Gasteiger partial charge in [0.15, 0.2) is 11.5 Å². The van der Waals surface area contributed by atoms with Crippen LogP contribution in [0.4, 0.5) is 0 Å². The van der Waals surface area contributed by atoms with Crippen LogP contribution in [0, 0.1) is 0 Å². The number of likely N-dealkylation sites (tertiary alicyclic amines) is 2. The van der Waals surface area contributed by atoms with E-state index in [0.717, 1.165) is 55.8 Å². The van der Waals surface area contributed by atoms with Gasteiger partial charge in [0.25, 0.3) is 5.91 Å². The molecule has 2 aliphatic heterocycles. The highest BCUT2D eigenvalue weighted by molar-refractivity contribution is 5.95. The summed E-state index contributed by atoms with van der Waals surface area (Å²) in [6, 6.07) is 15.5. The minimum atomic E-state index is 0.110. The second kappa shape index (κ2) is 10.9. The van der Waals surface area contributed by atoms with Gasteiger partial charge in [-0.1, -0.05) is 30.3 Å². The summed E-state index contributed by atoms with van der Waals surface area (Å²) in [5.41, 5.74) is 2.79. The standard InChI is InChI=1S/C28H32N4O3/c1-34-25-12-4-5-13-26(25)35-27-18-29-17-24(30-27)22-10-8-16-32(20-22)28(33)23-11-3-2-9-21(23)19-31-14-6-7-15-31/h2-5,9,11-13,17-18,22H,6-8,10,14-16,19-20H2,1H3/t22-/m1/s1. The molecule has 0 spiro atoms. The first-order valence-corrected chi connectivity index (χ1v) is 12.4. The molecule has 0 saturated carbocycles. The van der Waals surface area contributed by atoms with Crippen LogP contribution in [-0.2, 0) is 6.54 Å². The normalized spacial score (nSPS) is 18.4. The summed E-state index contributed by atoms with van der Waals surface area (Å²) in [5.74, 6) is 1.88. The average Bonchev–Trinajstić information content (AvgIpc) is 3.42. The minimum absolute atomic E-state index is 0.110. The SMILES string of the molecule is COc1ccccc1Oc1cncc([C@@H]2CCCN(C(=O)c3ccccc3CN3CCCC3)C2)n1. The summed E-state index contributed by atoms with van der Waals surface area (Å²) >= 11 is 0. The smallest absolute Gasteiger partial charge is 0.254 e. The average molecular weight is 473 g/mol. The molecule has 3 aromatic rings. The zero-order valence-electron chi connectivity index (χ0n) is 20.2. The predicted molar refractivity (Wildman–Crippen MR) is 134 cm³/mol. The molecule has 7 nitrogen and oxygen atoms in total. The van der Waals surface area contributed by atoms with Crippen molar-refractivity contribution in [3.8, 4) is 17.4 Å². The van der Waals surface area contributed by atoms with E-state index >= 15 is 0 Å². The molecule has 182 valence electrons. The molecule has 1 amide bonds. The van der Waals surface area contributed by atoms with Crippen molar-refractivity contribution in [2.24, 2.45) is 0 Å². The van der Waals surface area contributed by atoms with Crippen molar-refractivity contribution in [1.82, 2.24) is 19.8 Å². The molecule has 0 unspecified atom stereocenters. The molecule has 3 heterocycles. The Morgan fingerprint density at radius 3 is 2.57 bits per heavy atom. The number of hydrogen-bond donors (Lipinski definition) is 0. The van der Waals surface area contributed by atoms with Crippen molar-refractivity contribution < 1.29 is 14.3 Å². The van der Waals surface area contributed by atoms with Crippen LogP contribution in [0.25, 0.3) is 0 Å². The zero-order valence-corrected chi connectivity index (χ0v) is 20.2. The van der Waals surface area contributed by atoms with E-state index in [1.54, 1.807) is 19.5 Å². The number of aromatic nitrogens is 2. The molecule has 1 atom stereocenters. The third-order valence-electron chi connectivity index (χ3n) is 6.88.